The Labute approximate surface area is 191 Å². The van der Waals surface area contributed by atoms with E-state index >= 15 is 0 Å². The quantitative estimate of drug-likeness (QED) is 0.128. The van der Waals surface area contributed by atoms with Crippen LogP contribution in [0.4, 0.5) is 0 Å². The van der Waals surface area contributed by atoms with Gasteiger partial charge in [0.05, 0.1) is 0 Å². The van der Waals surface area contributed by atoms with Gasteiger partial charge in [-0.2, -0.15) is 0 Å². The van der Waals surface area contributed by atoms with Crippen LogP contribution in [0, 0.1) is 0 Å². The van der Waals surface area contributed by atoms with Gasteiger partial charge in [-0.1, -0.05) is 129 Å². The molecule has 0 unspecified atom stereocenters. The van der Waals surface area contributed by atoms with E-state index < -0.39 is 0 Å². The van der Waals surface area contributed by atoms with Gasteiger partial charge in [-0.25, -0.2) is 0 Å². The van der Waals surface area contributed by atoms with Crippen LogP contribution >= 0.6 is 0 Å². The van der Waals surface area contributed by atoms with Crippen molar-refractivity contribution in [2.75, 3.05) is 33.4 Å². The van der Waals surface area contributed by atoms with E-state index in [1.54, 1.807) is 0 Å². The maximum Gasteiger partial charge on any atom is 0.0474 e. The Kier molecular flexibility index (Phi) is 26.9. The van der Waals surface area contributed by atoms with Crippen molar-refractivity contribution in [3.8, 4) is 0 Å². The van der Waals surface area contributed by atoms with E-state index in [1.807, 2.05) is 7.11 Å². The van der Waals surface area contributed by atoms with Crippen LogP contribution in [0.3, 0.4) is 0 Å². The van der Waals surface area contributed by atoms with E-state index in [1.165, 1.54) is 154 Å². The zero-order chi connectivity index (χ0) is 22.0. The summed E-state index contributed by atoms with van der Waals surface area (Å²) in [5.74, 6) is 0. The standard InChI is InChI=1S/C28H59NO/c1-4-6-8-10-12-14-16-18-20-22-25-29(27-24-28-30-3)26-23-21-19-17-15-13-11-9-7-5-2/h4-28H2,1-3H3. The Morgan fingerprint density at radius 2 is 0.700 bits per heavy atom. The highest BCUT2D eigenvalue weighted by atomic mass is 16.5. The third-order valence-corrected chi connectivity index (χ3v) is 6.48. The molecule has 0 aromatic rings. The molecule has 0 amide bonds. The monoisotopic (exact) mass is 425 g/mol. The summed E-state index contributed by atoms with van der Waals surface area (Å²) in [5.41, 5.74) is 0. The van der Waals surface area contributed by atoms with Crippen LogP contribution in [-0.2, 0) is 4.74 Å². The molecule has 0 aliphatic carbocycles. The van der Waals surface area contributed by atoms with Crippen LogP contribution in [0.15, 0.2) is 0 Å². The fourth-order valence-electron chi connectivity index (χ4n) is 4.41. The number of nitrogens with zero attached hydrogens (tertiary/aromatic N) is 1. The molecule has 0 rings (SSSR count). The lowest BCUT2D eigenvalue weighted by molar-refractivity contribution is 0.169. The smallest absolute Gasteiger partial charge is 0.0474 e. The summed E-state index contributed by atoms with van der Waals surface area (Å²) in [6, 6.07) is 0. The van der Waals surface area contributed by atoms with Gasteiger partial charge >= 0.3 is 0 Å². The van der Waals surface area contributed by atoms with Crippen molar-refractivity contribution in [2.24, 2.45) is 0 Å². The predicted octanol–water partition coefficient (Wildman–Crippen LogP) is 9.17. The second-order valence-electron chi connectivity index (χ2n) is 9.55. The van der Waals surface area contributed by atoms with Crippen molar-refractivity contribution in [2.45, 2.75) is 149 Å². The fourth-order valence-corrected chi connectivity index (χ4v) is 4.41. The molecule has 30 heavy (non-hydrogen) atoms. The molecule has 0 aromatic heterocycles. The maximum atomic E-state index is 5.28. The van der Waals surface area contributed by atoms with Gasteiger partial charge in [0, 0.05) is 20.3 Å². The average Bonchev–Trinajstić information content (AvgIpc) is 2.76. The van der Waals surface area contributed by atoms with Gasteiger partial charge < -0.3 is 9.64 Å². The number of rotatable bonds is 26. The lowest BCUT2D eigenvalue weighted by Gasteiger charge is -2.22. The summed E-state index contributed by atoms with van der Waals surface area (Å²) < 4.78 is 5.28. The SMILES string of the molecule is CCCCCCCCCCCCN(CCCCCCCCCCCC)CCCOC. The Morgan fingerprint density at radius 1 is 0.400 bits per heavy atom. The van der Waals surface area contributed by atoms with Crippen molar-refractivity contribution in [3.05, 3.63) is 0 Å². The first-order valence-corrected chi connectivity index (χ1v) is 14.1. The Morgan fingerprint density at radius 3 is 1.03 bits per heavy atom. The van der Waals surface area contributed by atoms with Gasteiger partial charge in [-0.3, -0.25) is 0 Å². The van der Waals surface area contributed by atoms with Gasteiger partial charge in [-0.15, -0.1) is 0 Å². The average molecular weight is 426 g/mol. The summed E-state index contributed by atoms with van der Waals surface area (Å²) >= 11 is 0. The lowest BCUT2D eigenvalue weighted by Crippen LogP contribution is -2.28. The summed E-state index contributed by atoms with van der Waals surface area (Å²) in [6.07, 6.45) is 29.8. The van der Waals surface area contributed by atoms with E-state index in [9.17, 15) is 0 Å². The van der Waals surface area contributed by atoms with Crippen molar-refractivity contribution in [1.82, 2.24) is 4.90 Å². The minimum atomic E-state index is 0.909. The molecule has 0 aliphatic heterocycles. The second kappa shape index (κ2) is 27.0. The van der Waals surface area contributed by atoms with E-state index in [0.29, 0.717) is 0 Å². The molecule has 0 saturated heterocycles. The molecule has 0 atom stereocenters. The normalized spacial score (nSPS) is 11.6. The summed E-state index contributed by atoms with van der Waals surface area (Å²) in [4.78, 5) is 2.72. The molecule has 0 aliphatic rings. The largest absolute Gasteiger partial charge is 0.385 e. The molecule has 0 N–H and O–H groups in total. The third kappa shape index (κ3) is 24.2. The van der Waals surface area contributed by atoms with Crippen LogP contribution in [0.25, 0.3) is 0 Å². The molecule has 0 radical (unpaired) electrons. The van der Waals surface area contributed by atoms with E-state index in [-0.39, 0.29) is 0 Å². The zero-order valence-electron chi connectivity index (χ0n) is 21.5. The maximum absolute atomic E-state index is 5.28. The van der Waals surface area contributed by atoms with Crippen LogP contribution in [-0.4, -0.2) is 38.3 Å². The van der Waals surface area contributed by atoms with Gasteiger partial charge in [-0.05, 0) is 32.4 Å². The third-order valence-electron chi connectivity index (χ3n) is 6.48. The number of ether oxygens (including phenoxy) is 1. The summed E-state index contributed by atoms with van der Waals surface area (Å²) in [5, 5.41) is 0. The van der Waals surface area contributed by atoms with E-state index in [2.05, 4.69) is 18.7 Å². The molecular formula is C28H59NO. The van der Waals surface area contributed by atoms with Crippen LogP contribution in [0.5, 0.6) is 0 Å². The molecule has 0 fully saturated rings. The lowest BCUT2D eigenvalue weighted by atomic mass is 10.1. The first kappa shape index (κ1) is 29.9. The fraction of sp³-hybridized carbons (Fsp3) is 1.00. The molecule has 0 aromatic carbocycles. The predicted molar refractivity (Wildman–Crippen MR) is 137 cm³/mol. The first-order valence-electron chi connectivity index (χ1n) is 14.1. The molecule has 0 saturated carbocycles. The number of unbranched alkanes of at least 4 members (excludes halogenated alkanes) is 18. The molecule has 0 spiro atoms. The first-order chi connectivity index (χ1) is 14.8. The molecule has 2 heteroatoms. The number of methoxy groups -OCH3 is 1. The van der Waals surface area contributed by atoms with Crippen molar-refractivity contribution in [1.29, 1.82) is 0 Å². The zero-order valence-corrected chi connectivity index (χ0v) is 21.5. The topological polar surface area (TPSA) is 12.5 Å². The highest BCUT2D eigenvalue weighted by Crippen LogP contribution is 2.13. The van der Waals surface area contributed by atoms with Crippen LogP contribution in [0.1, 0.15) is 149 Å². The second-order valence-corrected chi connectivity index (χ2v) is 9.55. The van der Waals surface area contributed by atoms with Crippen molar-refractivity contribution in [3.63, 3.8) is 0 Å². The van der Waals surface area contributed by atoms with E-state index in [4.69, 9.17) is 4.74 Å². The molecule has 182 valence electrons. The summed E-state index contributed by atoms with van der Waals surface area (Å²) in [7, 11) is 1.83. The van der Waals surface area contributed by atoms with Crippen molar-refractivity contribution >= 4 is 0 Å². The molecule has 0 heterocycles. The van der Waals surface area contributed by atoms with Crippen molar-refractivity contribution < 1.29 is 4.74 Å². The van der Waals surface area contributed by atoms with Gasteiger partial charge in [0.1, 0.15) is 0 Å². The highest BCUT2D eigenvalue weighted by molar-refractivity contribution is 4.60. The Balaban J connectivity index is 3.61. The minimum Gasteiger partial charge on any atom is -0.385 e. The number of hydrogen-bond acceptors (Lipinski definition) is 2. The molecule has 2 nitrogen and oxygen atoms in total. The minimum absolute atomic E-state index is 0.909. The highest BCUT2D eigenvalue weighted by Gasteiger charge is 2.05. The van der Waals surface area contributed by atoms with Gasteiger partial charge in [0.2, 0.25) is 0 Å². The summed E-state index contributed by atoms with van der Waals surface area (Å²) in [6.45, 7) is 9.34. The van der Waals surface area contributed by atoms with Gasteiger partial charge in [0.15, 0.2) is 0 Å². The van der Waals surface area contributed by atoms with Crippen LogP contribution in [0.2, 0.25) is 0 Å². The van der Waals surface area contributed by atoms with Crippen LogP contribution < -0.4 is 0 Å². The molecular weight excluding hydrogens is 366 g/mol. The Bertz CT molecular complexity index is 270. The number of hydrogen-bond donors (Lipinski definition) is 0. The Hall–Kier alpha value is -0.0800. The van der Waals surface area contributed by atoms with E-state index in [0.717, 1.165) is 6.61 Å². The molecule has 0 bridgehead atoms. The van der Waals surface area contributed by atoms with Gasteiger partial charge in [0.25, 0.3) is 0 Å².